The number of carbonyl (C=O) groups is 1. The van der Waals surface area contributed by atoms with Gasteiger partial charge in [0.05, 0.1) is 13.2 Å². The molecular formula is C22H21BrN2O4S. The van der Waals surface area contributed by atoms with Crippen LogP contribution < -0.4 is 19.7 Å². The van der Waals surface area contributed by atoms with E-state index in [1.54, 1.807) is 13.2 Å². The summed E-state index contributed by atoms with van der Waals surface area (Å²) in [6.45, 7) is 5.60. The van der Waals surface area contributed by atoms with Gasteiger partial charge in [0.15, 0.2) is 16.6 Å². The molecule has 2 bridgehead atoms. The van der Waals surface area contributed by atoms with E-state index < -0.39 is 23.7 Å². The van der Waals surface area contributed by atoms with Gasteiger partial charge in [-0.05, 0) is 43.4 Å². The molecule has 2 aliphatic rings. The first-order valence-electron chi connectivity index (χ1n) is 9.40. The zero-order valence-electron chi connectivity index (χ0n) is 16.6. The minimum Gasteiger partial charge on any atom is -0.493 e. The molecule has 2 aromatic carbocycles. The van der Waals surface area contributed by atoms with Crippen molar-refractivity contribution in [3.63, 3.8) is 0 Å². The summed E-state index contributed by atoms with van der Waals surface area (Å²) in [6.07, 6.45) is 1.54. The van der Waals surface area contributed by atoms with Crippen molar-refractivity contribution in [1.82, 2.24) is 5.32 Å². The number of thiocarbonyl (C=S) groups is 1. The molecule has 0 amide bonds. The number of carbonyl (C=O) groups excluding carboxylic acids is 1. The van der Waals surface area contributed by atoms with Crippen LogP contribution in [0.5, 0.6) is 11.5 Å². The largest absolute Gasteiger partial charge is 0.493 e. The van der Waals surface area contributed by atoms with Crippen molar-refractivity contribution in [3.05, 3.63) is 65.2 Å². The maximum Gasteiger partial charge on any atom is 0.317 e. The van der Waals surface area contributed by atoms with Gasteiger partial charge in [0.1, 0.15) is 12.5 Å². The van der Waals surface area contributed by atoms with Crippen LogP contribution in [0.15, 0.2) is 59.6 Å². The SMILES string of the molecule is C=CCOC(=O)[C@@H]1[C@H]2NC(=S)N(c3cccc(Br)c3)[C@@]1(C)Oc1c(OC)cccc12. The van der Waals surface area contributed by atoms with Crippen LogP contribution in [0.25, 0.3) is 0 Å². The number of nitrogens with one attached hydrogen (secondary N) is 1. The molecule has 0 radical (unpaired) electrons. The van der Waals surface area contributed by atoms with Crippen LogP contribution in [0.2, 0.25) is 0 Å². The molecule has 1 fully saturated rings. The number of nitrogens with zero attached hydrogens (tertiary/aromatic N) is 1. The molecule has 1 saturated heterocycles. The van der Waals surface area contributed by atoms with Gasteiger partial charge in [0.2, 0.25) is 5.72 Å². The van der Waals surface area contributed by atoms with Crippen LogP contribution in [-0.4, -0.2) is 30.5 Å². The Morgan fingerprint density at radius 1 is 1.40 bits per heavy atom. The number of esters is 1. The van der Waals surface area contributed by atoms with Crippen molar-refractivity contribution >= 4 is 44.9 Å². The highest BCUT2D eigenvalue weighted by Gasteiger charge is 2.60. The lowest BCUT2D eigenvalue weighted by atomic mass is 9.79. The van der Waals surface area contributed by atoms with Crippen LogP contribution in [-0.2, 0) is 9.53 Å². The zero-order valence-corrected chi connectivity index (χ0v) is 19.0. The van der Waals surface area contributed by atoms with Gasteiger partial charge in [0, 0.05) is 15.7 Å². The average Bonchev–Trinajstić information content (AvgIpc) is 2.71. The molecule has 3 atom stereocenters. The third-order valence-corrected chi connectivity index (χ3v) is 6.17. The number of hydrogen-bond acceptors (Lipinski definition) is 5. The molecule has 8 heteroatoms. The van der Waals surface area contributed by atoms with Crippen molar-refractivity contribution in [1.29, 1.82) is 0 Å². The number of fused-ring (bicyclic) bond motifs is 4. The third-order valence-electron chi connectivity index (χ3n) is 5.37. The van der Waals surface area contributed by atoms with Crippen LogP contribution in [0, 0.1) is 5.92 Å². The topological polar surface area (TPSA) is 60.0 Å². The van der Waals surface area contributed by atoms with E-state index in [-0.39, 0.29) is 6.61 Å². The summed E-state index contributed by atoms with van der Waals surface area (Å²) < 4.78 is 18.4. The Balaban J connectivity index is 1.90. The summed E-state index contributed by atoms with van der Waals surface area (Å²) in [4.78, 5) is 15.0. The number of anilines is 1. The lowest BCUT2D eigenvalue weighted by Gasteiger charge is -2.55. The van der Waals surface area contributed by atoms with Gasteiger partial charge in [-0.3, -0.25) is 9.69 Å². The molecule has 4 rings (SSSR count). The van der Waals surface area contributed by atoms with Gasteiger partial charge < -0.3 is 19.5 Å². The molecule has 0 saturated carbocycles. The summed E-state index contributed by atoms with van der Waals surface area (Å²) in [5.41, 5.74) is 0.430. The molecule has 2 aromatic rings. The molecule has 156 valence electrons. The molecule has 0 spiro atoms. The van der Waals surface area contributed by atoms with E-state index in [2.05, 4.69) is 27.8 Å². The van der Waals surface area contributed by atoms with E-state index in [1.807, 2.05) is 54.3 Å². The smallest absolute Gasteiger partial charge is 0.317 e. The summed E-state index contributed by atoms with van der Waals surface area (Å²) in [5.74, 6) is 0.0781. The Morgan fingerprint density at radius 2 is 2.17 bits per heavy atom. The zero-order chi connectivity index (χ0) is 21.5. The Kier molecular flexibility index (Phi) is 5.46. The highest BCUT2D eigenvalue weighted by Crippen LogP contribution is 2.52. The standard InChI is InChI=1S/C22H21BrN2O4S/c1-4-11-28-20(26)17-18-15-9-6-10-16(27-3)19(15)29-22(17,2)25(21(30)24-18)14-8-5-7-13(23)12-14/h4-10,12,17-18H,1,11H2,2-3H3,(H,24,30)/t17-,18-,22-/m0/s1. The van der Waals surface area contributed by atoms with Crippen molar-refractivity contribution in [2.45, 2.75) is 18.7 Å². The highest BCUT2D eigenvalue weighted by molar-refractivity contribution is 9.10. The summed E-state index contributed by atoms with van der Waals surface area (Å²) in [5, 5.41) is 3.80. The summed E-state index contributed by atoms with van der Waals surface area (Å²) in [6, 6.07) is 12.8. The van der Waals surface area contributed by atoms with Crippen LogP contribution >= 0.6 is 28.1 Å². The van der Waals surface area contributed by atoms with E-state index in [4.69, 9.17) is 26.4 Å². The maximum absolute atomic E-state index is 13.2. The lowest BCUT2D eigenvalue weighted by Crippen LogP contribution is -2.71. The predicted molar refractivity (Wildman–Crippen MR) is 122 cm³/mol. The minimum atomic E-state index is -1.15. The fourth-order valence-electron chi connectivity index (χ4n) is 4.13. The molecule has 30 heavy (non-hydrogen) atoms. The lowest BCUT2D eigenvalue weighted by molar-refractivity contribution is -0.159. The molecular weight excluding hydrogens is 468 g/mol. The van der Waals surface area contributed by atoms with Gasteiger partial charge in [-0.2, -0.15) is 0 Å². The fourth-order valence-corrected chi connectivity index (χ4v) is 4.93. The highest BCUT2D eigenvalue weighted by atomic mass is 79.9. The van der Waals surface area contributed by atoms with Crippen molar-refractivity contribution in [2.24, 2.45) is 5.92 Å². The number of para-hydroxylation sites is 1. The number of hydrogen-bond donors (Lipinski definition) is 1. The first kappa shape index (κ1) is 20.7. The molecule has 1 N–H and O–H groups in total. The van der Waals surface area contributed by atoms with Gasteiger partial charge in [-0.1, -0.05) is 46.8 Å². The Labute approximate surface area is 188 Å². The fraction of sp³-hybridized carbons (Fsp3) is 0.273. The summed E-state index contributed by atoms with van der Waals surface area (Å²) in [7, 11) is 1.59. The Bertz CT molecular complexity index is 1030. The van der Waals surface area contributed by atoms with E-state index in [9.17, 15) is 4.79 Å². The second-order valence-corrected chi connectivity index (χ2v) is 8.48. The van der Waals surface area contributed by atoms with Gasteiger partial charge in [0.25, 0.3) is 0 Å². The van der Waals surface area contributed by atoms with Gasteiger partial charge >= 0.3 is 5.97 Å². The number of methoxy groups -OCH3 is 1. The van der Waals surface area contributed by atoms with E-state index >= 15 is 0 Å². The van der Waals surface area contributed by atoms with Crippen molar-refractivity contribution in [2.75, 3.05) is 18.6 Å². The van der Waals surface area contributed by atoms with Gasteiger partial charge in [-0.25, -0.2) is 0 Å². The second kappa shape index (κ2) is 7.92. The predicted octanol–water partition coefficient (Wildman–Crippen LogP) is 4.35. The van der Waals surface area contributed by atoms with Crippen molar-refractivity contribution in [3.8, 4) is 11.5 Å². The molecule has 2 heterocycles. The number of rotatable bonds is 5. The first-order valence-corrected chi connectivity index (χ1v) is 10.6. The van der Waals surface area contributed by atoms with E-state index in [1.165, 1.54) is 0 Å². The number of ether oxygens (including phenoxy) is 3. The molecule has 0 aliphatic carbocycles. The molecule has 2 aliphatic heterocycles. The van der Waals surface area contributed by atoms with Crippen LogP contribution in [0.1, 0.15) is 18.5 Å². The Hall–Kier alpha value is -2.58. The van der Waals surface area contributed by atoms with E-state index in [0.29, 0.717) is 16.6 Å². The van der Waals surface area contributed by atoms with Crippen LogP contribution in [0.4, 0.5) is 5.69 Å². The molecule has 0 unspecified atom stereocenters. The second-order valence-electron chi connectivity index (χ2n) is 7.17. The van der Waals surface area contributed by atoms with E-state index in [0.717, 1.165) is 15.7 Å². The monoisotopic (exact) mass is 488 g/mol. The number of halogens is 1. The normalized spacial score (nSPS) is 24.2. The molecule has 6 nitrogen and oxygen atoms in total. The number of benzene rings is 2. The minimum absolute atomic E-state index is 0.116. The van der Waals surface area contributed by atoms with Crippen LogP contribution in [0.3, 0.4) is 0 Å². The molecule has 0 aromatic heterocycles. The first-order chi connectivity index (χ1) is 14.4. The maximum atomic E-state index is 13.2. The van der Waals surface area contributed by atoms with Gasteiger partial charge in [-0.15, -0.1) is 0 Å². The quantitative estimate of drug-likeness (QED) is 0.381. The average molecular weight is 489 g/mol. The summed E-state index contributed by atoms with van der Waals surface area (Å²) >= 11 is 9.22. The van der Waals surface area contributed by atoms with Crippen molar-refractivity contribution < 1.29 is 19.0 Å². The third kappa shape index (κ3) is 3.24. The Morgan fingerprint density at radius 3 is 2.87 bits per heavy atom.